The molecule has 0 aliphatic carbocycles. The molecule has 0 bridgehead atoms. The Morgan fingerprint density at radius 2 is 1.86 bits per heavy atom. The molecule has 3 heterocycles. The minimum absolute atomic E-state index is 0.0219. The zero-order chi connectivity index (χ0) is 20.2. The van der Waals surface area contributed by atoms with Crippen LogP contribution in [0, 0.1) is 5.92 Å². The van der Waals surface area contributed by atoms with Gasteiger partial charge in [0.25, 0.3) is 0 Å². The molecule has 8 heteroatoms. The smallest absolute Gasteiger partial charge is 0.241 e. The van der Waals surface area contributed by atoms with Crippen LogP contribution in [0.4, 0.5) is 5.69 Å². The maximum Gasteiger partial charge on any atom is 0.241 e. The molecule has 2 amide bonds. The first-order valence-corrected chi connectivity index (χ1v) is 10.7. The summed E-state index contributed by atoms with van der Waals surface area (Å²) in [5.74, 6) is 0.0470. The van der Waals surface area contributed by atoms with Crippen molar-refractivity contribution < 1.29 is 9.59 Å². The number of nitrogens with one attached hydrogen (secondary N) is 3. The normalized spacial score (nSPS) is 22.4. The monoisotopic (exact) mass is 457 g/mol. The van der Waals surface area contributed by atoms with Crippen molar-refractivity contribution in [3.05, 3.63) is 58.8 Å². The number of anilines is 1. The Morgan fingerprint density at radius 3 is 2.59 bits per heavy atom. The molecule has 2 aliphatic heterocycles. The van der Waals surface area contributed by atoms with E-state index in [1.54, 1.807) is 12.4 Å². The van der Waals surface area contributed by atoms with Crippen molar-refractivity contribution in [2.45, 2.75) is 31.3 Å². The quantitative estimate of drug-likeness (QED) is 0.656. The number of hydrazine groups is 1. The van der Waals surface area contributed by atoms with Crippen molar-refractivity contribution in [3.63, 3.8) is 0 Å². The Hall–Kier alpha value is -2.29. The van der Waals surface area contributed by atoms with E-state index in [4.69, 9.17) is 0 Å². The van der Waals surface area contributed by atoms with Gasteiger partial charge in [-0.1, -0.05) is 22.0 Å². The first-order chi connectivity index (χ1) is 14.1. The molecule has 1 aromatic carbocycles. The van der Waals surface area contributed by atoms with Crippen LogP contribution in [0.1, 0.15) is 30.9 Å². The van der Waals surface area contributed by atoms with Crippen molar-refractivity contribution in [2.24, 2.45) is 5.92 Å². The molecule has 2 aliphatic rings. The number of piperidine rings is 1. The topological polar surface area (TPSA) is 86.4 Å². The summed E-state index contributed by atoms with van der Waals surface area (Å²) >= 11 is 3.41. The number of carbonyl (C=O) groups excluding carboxylic acids is 2. The lowest BCUT2D eigenvalue weighted by atomic mass is 9.94. The first-order valence-electron chi connectivity index (χ1n) is 9.86. The van der Waals surface area contributed by atoms with Crippen molar-refractivity contribution in [1.29, 1.82) is 0 Å². The van der Waals surface area contributed by atoms with Gasteiger partial charge in [-0.05, 0) is 55.2 Å². The molecule has 2 unspecified atom stereocenters. The predicted molar refractivity (Wildman–Crippen MR) is 114 cm³/mol. The zero-order valence-corrected chi connectivity index (χ0v) is 17.6. The average Bonchev–Trinajstić information content (AvgIpc) is 3.24. The number of likely N-dealkylation sites (tertiary alicyclic amines) is 1. The SMILES string of the molecule is O=C(Nc1cccc(Br)c1)C1CCN(C(=O)C2CC(c3ccncc3)NN2)CC1. The van der Waals surface area contributed by atoms with E-state index in [-0.39, 0.29) is 29.8 Å². The van der Waals surface area contributed by atoms with Crippen LogP contribution < -0.4 is 16.2 Å². The second-order valence-electron chi connectivity index (χ2n) is 7.51. The first kappa shape index (κ1) is 20.0. The molecule has 2 fully saturated rings. The number of hydrogen-bond acceptors (Lipinski definition) is 5. The van der Waals surface area contributed by atoms with E-state index in [0.29, 0.717) is 32.4 Å². The standard InChI is InChI=1S/C21H24BrN5O2/c22-16-2-1-3-17(12-16)24-20(28)15-6-10-27(11-7-15)21(29)19-13-18(25-26-19)14-4-8-23-9-5-14/h1-5,8-9,12,15,18-19,25-26H,6-7,10-11,13H2,(H,24,28). The average molecular weight is 458 g/mol. The van der Waals surface area contributed by atoms with E-state index in [9.17, 15) is 9.59 Å². The van der Waals surface area contributed by atoms with Crippen molar-refractivity contribution in [3.8, 4) is 0 Å². The lowest BCUT2D eigenvalue weighted by Gasteiger charge is -2.32. The molecule has 4 rings (SSSR count). The van der Waals surface area contributed by atoms with Crippen molar-refractivity contribution in [2.75, 3.05) is 18.4 Å². The van der Waals surface area contributed by atoms with Crippen LogP contribution in [0.2, 0.25) is 0 Å². The molecule has 2 saturated heterocycles. The van der Waals surface area contributed by atoms with E-state index in [2.05, 4.69) is 37.1 Å². The predicted octanol–water partition coefficient (Wildman–Crippen LogP) is 2.63. The van der Waals surface area contributed by atoms with Crippen molar-refractivity contribution in [1.82, 2.24) is 20.7 Å². The van der Waals surface area contributed by atoms with E-state index in [1.165, 1.54) is 0 Å². The van der Waals surface area contributed by atoms with Gasteiger partial charge in [-0.3, -0.25) is 14.6 Å². The van der Waals surface area contributed by atoms with E-state index < -0.39 is 0 Å². The summed E-state index contributed by atoms with van der Waals surface area (Å²) in [7, 11) is 0. The Balaban J connectivity index is 1.27. The highest BCUT2D eigenvalue weighted by atomic mass is 79.9. The summed E-state index contributed by atoms with van der Waals surface area (Å²) < 4.78 is 0.929. The molecule has 152 valence electrons. The number of amides is 2. The highest BCUT2D eigenvalue weighted by Crippen LogP contribution is 2.25. The van der Waals surface area contributed by atoms with Crippen LogP contribution in [-0.4, -0.2) is 40.8 Å². The zero-order valence-electron chi connectivity index (χ0n) is 16.0. The Bertz CT molecular complexity index is 870. The van der Waals surface area contributed by atoms with Crippen molar-refractivity contribution >= 4 is 33.4 Å². The van der Waals surface area contributed by atoms with Crippen LogP contribution in [0.25, 0.3) is 0 Å². The molecule has 2 aromatic rings. The Labute approximate surface area is 178 Å². The molecular weight excluding hydrogens is 434 g/mol. The van der Waals surface area contributed by atoms with Gasteiger partial charge in [0.05, 0.1) is 0 Å². The number of halogens is 1. The highest BCUT2D eigenvalue weighted by molar-refractivity contribution is 9.10. The van der Waals surface area contributed by atoms with Gasteiger partial charge in [-0.25, -0.2) is 10.9 Å². The van der Waals surface area contributed by atoms with Crippen LogP contribution in [0.15, 0.2) is 53.3 Å². The molecule has 1 aromatic heterocycles. The van der Waals surface area contributed by atoms with Crippen LogP contribution in [0.5, 0.6) is 0 Å². The third kappa shape index (κ3) is 4.83. The number of nitrogens with zero attached hydrogens (tertiary/aromatic N) is 2. The molecule has 0 saturated carbocycles. The van der Waals surface area contributed by atoms with E-state index in [1.807, 2.05) is 41.3 Å². The van der Waals surface area contributed by atoms with Crippen LogP contribution in [-0.2, 0) is 9.59 Å². The lowest BCUT2D eigenvalue weighted by molar-refractivity contribution is -0.136. The highest BCUT2D eigenvalue weighted by Gasteiger charge is 2.35. The largest absolute Gasteiger partial charge is 0.341 e. The van der Waals surface area contributed by atoms with Gasteiger partial charge in [-0.2, -0.15) is 0 Å². The van der Waals surface area contributed by atoms with Gasteiger partial charge in [0, 0.05) is 47.6 Å². The summed E-state index contributed by atoms with van der Waals surface area (Å²) in [6.07, 6.45) is 5.58. The number of pyridine rings is 1. The lowest BCUT2D eigenvalue weighted by Crippen LogP contribution is -2.49. The van der Waals surface area contributed by atoms with E-state index >= 15 is 0 Å². The number of benzene rings is 1. The van der Waals surface area contributed by atoms with Gasteiger partial charge in [0.15, 0.2) is 0 Å². The number of hydrogen-bond donors (Lipinski definition) is 3. The molecule has 7 nitrogen and oxygen atoms in total. The minimum Gasteiger partial charge on any atom is -0.341 e. The minimum atomic E-state index is -0.250. The van der Waals surface area contributed by atoms with E-state index in [0.717, 1.165) is 15.7 Å². The van der Waals surface area contributed by atoms with Gasteiger partial charge in [-0.15, -0.1) is 0 Å². The second-order valence-corrected chi connectivity index (χ2v) is 8.42. The molecule has 2 atom stereocenters. The maximum atomic E-state index is 12.9. The fourth-order valence-corrected chi connectivity index (χ4v) is 4.32. The molecule has 0 radical (unpaired) electrons. The third-order valence-corrected chi connectivity index (χ3v) is 6.07. The molecule has 3 N–H and O–H groups in total. The maximum absolute atomic E-state index is 12.9. The summed E-state index contributed by atoms with van der Waals surface area (Å²) in [5.41, 5.74) is 8.24. The number of aromatic nitrogens is 1. The number of rotatable bonds is 4. The van der Waals surface area contributed by atoms with Gasteiger partial charge < -0.3 is 10.2 Å². The fourth-order valence-electron chi connectivity index (χ4n) is 3.93. The second kappa shape index (κ2) is 9.02. The molecule has 29 heavy (non-hydrogen) atoms. The summed E-state index contributed by atoms with van der Waals surface area (Å²) in [4.78, 5) is 31.4. The summed E-state index contributed by atoms with van der Waals surface area (Å²) in [5, 5.41) is 2.98. The number of carbonyl (C=O) groups is 2. The van der Waals surface area contributed by atoms with Gasteiger partial charge in [0.1, 0.15) is 6.04 Å². The Morgan fingerprint density at radius 1 is 1.10 bits per heavy atom. The Kier molecular flexibility index (Phi) is 6.22. The fraction of sp³-hybridized carbons (Fsp3) is 0.381. The van der Waals surface area contributed by atoms with Crippen LogP contribution in [0.3, 0.4) is 0 Å². The summed E-state index contributed by atoms with van der Waals surface area (Å²) in [6, 6.07) is 11.3. The van der Waals surface area contributed by atoms with Gasteiger partial charge in [0.2, 0.25) is 11.8 Å². The summed E-state index contributed by atoms with van der Waals surface area (Å²) in [6.45, 7) is 1.21. The molecular formula is C21H24BrN5O2. The third-order valence-electron chi connectivity index (χ3n) is 5.58. The van der Waals surface area contributed by atoms with Gasteiger partial charge >= 0.3 is 0 Å². The molecule has 0 spiro atoms. The van der Waals surface area contributed by atoms with Crippen LogP contribution >= 0.6 is 15.9 Å².